The molecule has 0 spiro atoms. The predicted octanol–water partition coefficient (Wildman–Crippen LogP) is 2.02. The lowest BCUT2D eigenvalue weighted by atomic mass is 10.2. The number of hydrogen-bond acceptors (Lipinski definition) is 4. The number of carbonyl (C=O) groups is 2. The average Bonchev–Trinajstić information content (AvgIpc) is 2.48. The van der Waals surface area contributed by atoms with Crippen LogP contribution in [0, 0.1) is 0 Å². The first kappa shape index (κ1) is 15.7. The van der Waals surface area contributed by atoms with Crippen molar-refractivity contribution in [2.75, 3.05) is 4.31 Å². The highest BCUT2D eigenvalue weighted by atomic mass is 32.2. The molecule has 0 aliphatic carbocycles. The maximum absolute atomic E-state index is 11.4. The standard InChI is InChI=1S/C14H11NO6S/c16-13(17)9-1-5-11(6-2-9)15(22(20)21)12-7-3-10(4-8-12)14(18)19/h1-8H,(H,16,17)(H,18,19)(H,20,21)/p-1. The third-order valence-electron chi connectivity index (χ3n) is 2.85. The van der Waals surface area contributed by atoms with Crippen molar-refractivity contribution < 1.29 is 28.6 Å². The quantitative estimate of drug-likeness (QED) is 0.814. The zero-order chi connectivity index (χ0) is 16.3. The summed E-state index contributed by atoms with van der Waals surface area (Å²) in [6, 6.07) is 10.5. The summed E-state index contributed by atoms with van der Waals surface area (Å²) in [5.74, 6) is -2.24. The van der Waals surface area contributed by atoms with Crippen LogP contribution in [0.4, 0.5) is 11.4 Å². The van der Waals surface area contributed by atoms with Crippen LogP contribution in [-0.2, 0) is 11.3 Å². The van der Waals surface area contributed by atoms with E-state index in [0.29, 0.717) is 0 Å². The number of nitrogens with zero attached hydrogens (tertiary/aromatic N) is 1. The normalized spacial score (nSPS) is 11.7. The third kappa shape index (κ3) is 3.30. The Balaban J connectivity index is 2.39. The van der Waals surface area contributed by atoms with Crippen molar-refractivity contribution in [2.45, 2.75) is 0 Å². The molecule has 8 heteroatoms. The maximum atomic E-state index is 11.4. The van der Waals surface area contributed by atoms with Crippen molar-refractivity contribution in [2.24, 2.45) is 0 Å². The van der Waals surface area contributed by atoms with Crippen LogP contribution in [-0.4, -0.2) is 30.9 Å². The number of rotatable bonds is 5. The Labute approximate surface area is 127 Å². The summed E-state index contributed by atoms with van der Waals surface area (Å²) >= 11 is -2.65. The van der Waals surface area contributed by atoms with Gasteiger partial charge in [0, 0.05) is 0 Å². The Morgan fingerprint density at radius 1 is 0.818 bits per heavy atom. The second-order valence-electron chi connectivity index (χ2n) is 4.22. The topological polar surface area (TPSA) is 118 Å². The Bertz CT molecular complexity index is 669. The van der Waals surface area contributed by atoms with E-state index in [1.807, 2.05) is 0 Å². The van der Waals surface area contributed by atoms with Gasteiger partial charge in [0.1, 0.15) is 0 Å². The summed E-state index contributed by atoms with van der Waals surface area (Å²) in [6.45, 7) is 0. The molecule has 0 aliphatic heterocycles. The van der Waals surface area contributed by atoms with Crippen molar-refractivity contribution in [1.82, 2.24) is 0 Å². The first-order valence-corrected chi connectivity index (χ1v) is 6.99. The molecule has 1 atom stereocenters. The molecule has 0 saturated carbocycles. The van der Waals surface area contributed by atoms with Crippen LogP contribution < -0.4 is 4.31 Å². The van der Waals surface area contributed by atoms with E-state index in [0.717, 1.165) is 4.31 Å². The van der Waals surface area contributed by atoms with E-state index in [1.165, 1.54) is 48.5 Å². The maximum Gasteiger partial charge on any atom is 0.335 e. The molecular weight excluding hydrogens is 310 g/mol. The third-order valence-corrected chi connectivity index (χ3v) is 3.57. The van der Waals surface area contributed by atoms with Gasteiger partial charge in [-0.3, -0.25) is 8.51 Å². The van der Waals surface area contributed by atoms with Crippen LogP contribution in [0.5, 0.6) is 0 Å². The second-order valence-corrected chi connectivity index (χ2v) is 5.01. The van der Waals surface area contributed by atoms with Gasteiger partial charge in [0.2, 0.25) is 0 Å². The van der Waals surface area contributed by atoms with E-state index in [4.69, 9.17) is 10.2 Å². The second kappa shape index (κ2) is 6.37. The molecule has 2 rings (SSSR count). The van der Waals surface area contributed by atoms with Gasteiger partial charge in [-0.25, -0.2) is 9.59 Å². The van der Waals surface area contributed by atoms with Gasteiger partial charge in [-0.05, 0) is 48.5 Å². The minimum Gasteiger partial charge on any atom is -0.755 e. The molecule has 0 radical (unpaired) electrons. The summed E-state index contributed by atoms with van der Waals surface area (Å²) in [7, 11) is 0. The zero-order valence-corrected chi connectivity index (χ0v) is 11.8. The molecule has 2 aromatic rings. The number of carboxylic acid groups (broad SMARTS) is 2. The summed E-state index contributed by atoms with van der Waals surface area (Å²) < 4.78 is 23.8. The van der Waals surface area contributed by atoms with Gasteiger partial charge in [-0.1, -0.05) is 0 Å². The summed E-state index contributed by atoms with van der Waals surface area (Å²) in [5.41, 5.74) is 0.533. The number of anilines is 2. The minimum absolute atomic E-state index is 0.0293. The molecule has 114 valence electrons. The fraction of sp³-hybridized carbons (Fsp3) is 0. The fourth-order valence-corrected chi connectivity index (χ4v) is 2.39. The largest absolute Gasteiger partial charge is 0.755 e. The van der Waals surface area contributed by atoms with Crippen molar-refractivity contribution in [3.63, 3.8) is 0 Å². The van der Waals surface area contributed by atoms with Gasteiger partial charge in [0.25, 0.3) is 0 Å². The Hall–Kier alpha value is -2.71. The van der Waals surface area contributed by atoms with Gasteiger partial charge in [-0.15, -0.1) is 0 Å². The van der Waals surface area contributed by atoms with Crippen LogP contribution in [0.3, 0.4) is 0 Å². The van der Waals surface area contributed by atoms with Crippen LogP contribution >= 0.6 is 0 Å². The van der Waals surface area contributed by atoms with Crippen LogP contribution in [0.2, 0.25) is 0 Å². The molecule has 0 heterocycles. The molecule has 0 amide bonds. The van der Waals surface area contributed by atoms with E-state index in [9.17, 15) is 18.4 Å². The van der Waals surface area contributed by atoms with Crippen molar-refractivity contribution in [3.05, 3.63) is 59.7 Å². The highest BCUT2D eigenvalue weighted by Gasteiger charge is 2.12. The lowest BCUT2D eigenvalue weighted by Crippen LogP contribution is -2.19. The highest BCUT2D eigenvalue weighted by molar-refractivity contribution is 7.81. The average molecular weight is 320 g/mol. The Morgan fingerprint density at radius 2 is 1.14 bits per heavy atom. The molecule has 0 saturated heterocycles. The lowest BCUT2D eigenvalue weighted by Gasteiger charge is -2.26. The molecule has 2 N–H and O–H groups in total. The summed E-state index contributed by atoms with van der Waals surface area (Å²) in [5, 5.41) is 17.7. The molecule has 0 bridgehead atoms. The molecule has 0 aromatic heterocycles. The summed E-state index contributed by atoms with van der Waals surface area (Å²) in [4.78, 5) is 21.6. The first-order valence-electron chi connectivity index (χ1n) is 5.96. The van der Waals surface area contributed by atoms with E-state index < -0.39 is 23.2 Å². The first-order chi connectivity index (χ1) is 10.4. The molecule has 0 aliphatic rings. The van der Waals surface area contributed by atoms with E-state index >= 15 is 0 Å². The van der Waals surface area contributed by atoms with Gasteiger partial charge in [0.05, 0.1) is 33.8 Å². The van der Waals surface area contributed by atoms with Gasteiger partial charge in [0.15, 0.2) is 0 Å². The van der Waals surface area contributed by atoms with Gasteiger partial charge in [-0.2, -0.15) is 0 Å². The van der Waals surface area contributed by atoms with Crippen molar-refractivity contribution in [3.8, 4) is 0 Å². The van der Waals surface area contributed by atoms with Crippen LogP contribution in [0.15, 0.2) is 48.5 Å². The van der Waals surface area contributed by atoms with Crippen molar-refractivity contribution in [1.29, 1.82) is 0 Å². The zero-order valence-electron chi connectivity index (χ0n) is 11.0. The van der Waals surface area contributed by atoms with Crippen molar-refractivity contribution >= 4 is 34.6 Å². The molecule has 2 aromatic carbocycles. The highest BCUT2D eigenvalue weighted by Crippen LogP contribution is 2.27. The summed E-state index contributed by atoms with van der Waals surface area (Å²) in [6.07, 6.45) is 0. The monoisotopic (exact) mass is 320 g/mol. The molecule has 0 fully saturated rings. The van der Waals surface area contributed by atoms with Crippen LogP contribution in [0.1, 0.15) is 20.7 Å². The predicted molar refractivity (Wildman–Crippen MR) is 77.9 cm³/mol. The number of aromatic carboxylic acids is 2. The van der Waals surface area contributed by atoms with E-state index in [-0.39, 0.29) is 22.5 Å². The fourth-order valence-electron chi connectivity index (χ4n) is 1.80. The molecule has 1 unspecified atom stereocenters. The lowest BCUT2D eigenvalue weighted by molar-refractivity contribution is 0.0686. The van der Waals surface area contributed by atoms with E-state index in [1.54, 1.807) is 0 Å². The minimum atomic E-state index is -2.65. The van der Waals surface area contributed by atoms with Gasteiger partial charge >= 0.3 is 11.9 Å². The molecular formula is C14H10NO6S-. The Morgan fingerprint density at radius 3 is 1.36 bits per heavy atom. The van der Waals surface area contributed by atoms with E-state index in [2.05, 4.69) is 0 Å². The number of hydrogen-bond donors (Lipinski definition) is 2. The molecule has 7 nitrogen and oxygen atoms in total. The SMILES string of the molecule is O=C(O)c1ccc(N(c2ccc(C(=O)O)cc2)S(=O)[O-])cc1. The molecule has 22 heavy (non-hydrogen) atoms. The van der Waals surface area contributed by atoms with Gasteiger partial charge < -0.3 is 14.8 Å². The smallest absolute Gasteiger partial charge is 0.335 e. The number of benzene rings is 2. The number of carboxylic acids is 2. The van der Waals surface area contributed by atoms with Crippen LogP contribution in [0.25, 0.3) is 0 Å². The Kier molecular flexibility index (Phi) is 4.54.